The lowest BCUT2D eigenvalue weighted by Crippen LogP contribution is -2.42. The van der Waals surface area contributed by atoms with Gasteiger partial charge in [0, 0.05) is 30.3 Å². The summed E-state index contributed by atoms with van der Waals surface area (Å²) in [4.78, 5) is 35.8. The van der Waals surface area contributed by atoms with Crippen molar-refractivity contribution in [2.75, 3.05) is 24.7 Å². The van der Waals surface area contributed by atoms with Crippen LogP contribution in [0.4, 0.5) is 16.2 Å². The number of urea groups is 1. The number of aromatic nitrogens is 2. The summed E-state index contributed by atoms with van der Waals surface area (Å²) in [6.07, 6.45) is 2.03. The molecule has 4 rings (SSSR count). The van der Waals surface area contributed by atoms with Gasteiger partial charge >= 0.3 is 6.03 Å². The molecule has 0 aliphatic carbocycles. The topological polar surface area (TPSA) is 136 Å². The fraction of sp³-hybridized carbons (Fsp3) is 0.200. The van der Waals surface area contributed by atoms with Gasteiger partial charge in [0.1, 0.15) is 0 Å². The number of amides is 3. The van der Waals surface area contributed by atoms with Gasteiger partial charge in [-0.3, -0.25) is 4.79 Å². The molecule has 0 fully saturated rings. The summed E-state index contributed by atoms with van der Waals surface area (Å²) in [5.74, 6) is -0.135. The van der Waals surface area contributed by atoms with Crippen LogP contribution in [0, 0.1) is 0 Å². The number of ether oxygens (including phenoxy) is 1. The van der Waals surface area contributed by atoms with E-state index in [1.807, 2.05) is 18.2 Å². The van der Waals surface area contributed by atoms with E-state index in [-0.39, 0.29) is 11.0 Å². The number of para-hydroxylation sites is 1. The third-order valence-corrected chi connectivity index (χ3v) is 6.00. The van der Waals surface area contributed by atoms with Crippen LogP contribution in [0.3, 0.4) is 0 Å². The molecule has 1 aliphatic rings. The normalized spacial score (nSPS) is 15.4. The molecule has 1 aromatic carbocycles. The number of hydrogen-bond acceptors (Lipinski definition) is 7. The minimum Gasteiger partial charge on any atom is -0.481 e. The van der Waals surface area contributed by atoms with Gasteiger partial charge in [-0.2, -0.15) is 0 Å². The highest BCUT2D eigenvalue weighted by Crippen LogP contribution is 2.40. The number of carbonyl (C=O) groups excluding carboxylic acids is 2. The molecule has 0 spiro atoms. The Morgan fingerprint density at radius 1 is 1.27 bits per heavy atom. The van der Waals surface area contributed by atoms with E-state index in [0.717, 1.165) is 16.1 Å². The van der Waals surface area contributed by atoms with Crippen molar-refractivity contribution in [3.05, 3.63) is 63.7 Å². The molecule has 1 aliphatic heterocycles. The number of primary amides is 1. The van der Waals surface area contributed by atoms with Crippen LogP contribution in [0.25, 0.3) is 0 Å². The summed E-state index contributed by atoms with van der Waals surface area (Å²) in [7, 11) is 1.52. The van der Waals surface area contributed by atoms with Crippen molar-refractivity contribution >= 4 is 34.6 Å². The number of pyridine rings is 1. The van der Waals surface area contributed by atoms with Crippen LogP contribution >= 0.6 is 11.3 Å². The monoisotopic (exact) mass is 424 g/mol. The number of nitrogen functional groups attached to an aromatic ring is 1. The van der Waals surface area contributed by atoms with Crippen LogP contribution in [0.2, 0.25) is 0 Å². The van der Waals surface area contributed by atoms with E-state index in [0.29, 0.717) is 30.2 Å². The largest absolute Gasteiger partial charge is 0.481 e. The maximum Gasteiger partial charge on any atom is 0.322 e. The van der Waals surface area contributed by atoms with Crippen LogP contribution in [-0.4, -0.2) is 40.5 Å². The predicted molar refractivity (Wildman–Crippen MR) is 114 cm³/mol. The molecule has 30 heavy (non-hydrogen) atoms. The number of rotatable bonds is 4. The number of anilines is 2. The predicted octanol–water partition coefficient (Wildman–Crippen LogP) is 2.41. The smallest absolute Gasteiger partial charge is 0.322 e. The number of hydrogen-bond donors (Lipinski definition) is 3. The fourth-order valence-electron chi connectivity index (χ4n) is 3.42. The van der Waals surface area contributed by atoms with E-state index in [1.54, 1.807) is 23.1 Å². The molecule has 154 valence electrons. The molecule has 3 amide bonds. The third kappa shape index (κ3) is 3.64. The van der Waals surface area contributed by atoms with Gasteiger partial charge in [0.15, 0.2) is 5.01 Å². The number of methoxy groups -OCH3 is 1. The molecule has 2 aromatic heterocycles. The van der Waals surface area contributed by atoms with E-state index in [9.17, 15) is 9.59 Å². The Hall–Kier alpha value is -3.66. The molecule has 1 atom stereocenters. The van der Waals surface area contributed by atoms with Crippen molar-refractivity contribution in [3.63, 3.8) is 0 Å². The van der Waals surface area contributed by atoms with Crippen LogP contribution < -0.4 is 21.5 Å². The highest BCUT2D eigenvalue weighted by Gasteiger charge is 2.36. The van der Waals surface area contributed by atoms with Crippen LogP contribution in [0.1, 0.15) is 32.0 Å². The van der Waals surface area contributed by atoms with Gasteiger partial charge in [-0.05, 0) is 12.1 Å². The molecule has 0 saturated carbocycles. The second kappa shape index (κ2) is 7.99. The number of benzene rings is 1. The number of carbonyl (C=O) groups is 2. The summed E-state index contributed by atoms with van der Waals surface area (Å²) in [5.41, 5.74) is 14.3. The summed E-state index contributed by atoms with van der Waals surface area (Å²) in [6.45, 7) is 0.406. The number of thiazole rings is 1. The molecule has 0 radical (unpaired) electrons. The van der Waals surface area contributed by atoms with Gasteiger partial charge < -0.3 is 26.4 Å². The van der Waals surface area contributed by atoms with E-state index < -0.39 is 11.9 Å². The van der Waals surface area contributed by atoms with Gasteiger partial charge in [-0.15, -0.1) is 11.3 Å². The maximum absolute atomic E-state index is 13.2. The SMILES string of the molecule is COc1ccc(NC(=O)N2CCc3nc(C(N)=O)sc3C2c2ccccc2N)cn1. The zero-order valence-corrected chi connectivity index (χ0v) is 17.0. The molecule has 3 aromatic rings. The first-order valence-corrected chi connectivity index (χ1v) is 10.0. The van der Waals surface area contributed by atoms with Gasteiger partial charge in [0.2, 0.25) is 5.88 Å². The maximum atomic E-state index is 13.2. The molecule has 0 bridgehead atoms. The van der Waals surface area contributed by atoms with E-state index in [4.69, 9.17) is 16.2 Å². The van der Waals surface area contributed by atoms with Gasteiger partial charge in [0.25, 0.3) is 5.91 Å². The van der Waals surface area contributed by atoms with Gasteiger partial charge in [-0.1, -0.05) is 18.2 Å². The molecule has 9 nitrogen and oxygen atoms in total. The molecule has 1 unspecified atom stereocenters. The first kappa shape index (κ1) is 19.6. The third-order valence-electron chi connectivity index (χ3n) is 4.84. The van der Waals surface area contributed by atoms with Crippen molar-refractivity contribution in [1.29, 1.82) is 0 Å². The van der Waals surface area contributed by atoms with E-state index in [2.05, 4.69) is 15.3 Å². The Bertz CT molecular complexity index is 1100. The Labute approximate surface area is 176 Å². The van der Waals surface area contributed by atoms with Crippen LogP contribution in [-0.2, 0) is 6.42 Å². The lowest BCUT2D eigenvalue weighted by Gasteiger charge is -2.35. The number of fused-ring (bicyclic) bond motifs is 1. The van der Waals surface area contributed by atoms with Crippen LogP contribution in [0.5, 0.6) is 5.88 Å². The minimum absolute atomic E-state index is 0.223. The number of nitrogens with one attached hydrogen (secondary N) is 1. The summed E-state index contributed by atoms with van der Waals surface area (Å²) in [6, 6.07) is 9.93. The second-order valence-electron chi connectivity index (χ2n) is 6.69. The van der Waals surface area contributed by atoms with Crippen molar-refractivity contribution in [1.82, 2.24) is 14.9 Å². The van der Waals surface area contributed by atoms with E-state index in [1.165, 1.54) is 24.6 Å². The summed E-state index contributed by atoms with van der Waals surface area (Å²) in [5, 5.41) is 3.09. The first-order valence-electron chi connectivity index (χ1n) is 9.19. The summed E-state index contributed by atoms with van der Waals surface area (Å²) >= 11 is 1.20. The Balaban J connectivity index is 1.71. The summed E-state index contributed by atoms with van der Waals surface area (Å²) < 4.78 is 5.05. The zero-order chi connectivity index (χ0) is 21.3. The van der Waals surface area contributed by atoms with Crippen molar-refractivity contribution in [2.24, 2.45) is 5.73 Å². The molecular formula is C20H20N6O3S. The highest BCUT2D eigenvalue weighted by molar-refractivity contribution is 7.13. The van der Waals surface area contributed by atoms with Crippen molar-refractivity contribution in [2.45, 2.75) is 12.5 Å². The highest BCUT2D eigenvalue weighted by atomic mass is 32.1. The Kier molecular flexibility index (Phi) is 5.23. The number of nitrogens with two attached hydrogens (primary N) is 2. The molecule has 5 N–H and O–H groups in total. The lowest BCUT2D eigenvalue weighted by molar-refractivity contribution is 0.0999. The molecular weight excluding hydrogens is 404 g/mol. The average Bonchev–Trinajstić information content (AvgIpc) is 3.19. The Morgan fingerprint density at radius 3 is 2.73 bits per heavy atom. The molecule has 10 heteroatoms. The first-order chi connectivity index (χ1) is 14.5. The lowest BCUT2D eigenvalue weighted by atomic mass is 9.96. The molecule has 3 heterocycles. The van der Waals surface area contributed by atoms with Crippen molar-refractivity contribution in [3.8, 4) is 5.88 Å². The average molecular weight is 424 g/mol. The standard InChI is InChI=1S/C20H20N6O3S/c1-29-15-7-6-11(10-23-15)24-20(28)26-9-8-14-17(30-19(25-14)18(22)27)16(26)12-4-2-3-5-13(12)21/h2-7,10,16H,8-9,21H2,1H3,(H2,22,27)(H,24,28). The fourth-order valence-corrected chi connectivity index (χ4v) is 4.51. The zero-order valence-electron chi connectivity index (χ0n) is 16.2. The molecule has 0 saturated heterocycles. The second-order valence-corrected chi connectivity index (χ2v) is 7.72. The minimum atomic E-state index is -0.588. The van der Waals surface area contributed by atoms with Gasteiger partial charge in [0.05, 0.1) is 35.6 Å². The Morgan fingerprint density at radius 2 is 2.07 bits per heavy atom. The van der Waals surface area contributed by atoms with Crippen LogP contribution in [0.15, 0.2) is 42.6 Å². The van der Waals surface area contributed by atoms with Crippen molar-refractivity contribution < 1.29 is 14.3 Å². The van der Waals surface area contributed by atoms with Gasteiger partial charge in [-0.25, -0.2) is 14.8 Å². The van der Waals surface area contributed by atoms with E-state index >= 15 is 0 Å². The quantitative estimate of drug-likeness (QED) is 0.550. The number of nitrogens with zero attached hydrogens (tertiary/aromatic N) is 3.